The average Bonchev–Trinajstić information content (AvgIpc) is 2.17. The van der Waals surface area contributed by atoms with Crippen molar-refractivity contribution < 1.29 is 5.11 Å². The minimum absolute atomic E-state index is 0.0798. The van der Waals surface area contributed by atoms with Crippen LogP contribution in [0.1, 0.15) is 18.4 Å². The molecule has 2 nitrogen and oxygen atoms in total. The molecule has 0 fully saturated rings. The van der Waals surface area contributed by atoms with Crippen molar-refractivity contribution >= 4 is 0 Å². The Morgan fingerprint density at radius 3 is 2.33 bits per heavy atom. The summed E-state index contributed by atoms with van der Waals surface area (Å²) in [4.78, 5) is 0. The molecular weight excluding hydrogens is 150 g/mol. The van der Waals surface area contributed by atoms with Gasteiger partial charge in [0.15, 0.2) is 0 Å². The van der Waals surface area contributed by atoms with Crippen LogP contribution in [0.3, 0.4) is 0 Å². The Kier molecular flexibility index (Phi) is 3.26. The highest BCUT2D eigenvalue weighted by Gasteiger charge is 2.13. The summed E-state index contributed by atoms with van der Waals surface area (Å²) in [7, 11) is 1.63. The number of rotatable bonds is 3. The first-order chi connectivity index (χ1) is 5.75. The lowest BCUT2D eigenvalue weighted by Gasteiger charge is -2.16. The van der Waals surface area contributed by atoms with Crippen LogP contribution in [-0.2, 0) is 0 Å². The highest BCUT2D eigenvalue weighted by Crippen LogP contribution is 2.17. The Labute approximate surface area is 73.2 Å². The third-order valence-corrected chi connectivity index (χ3v) is 2.04. The lowest BCUT2D eigenvalue weighted by atomic mass is 10.00. The topological polar surface area (TPSA) is 34.3 Å². The first kappa shape index (κ1) is 9.23. The zero-order valence-electron chi connectivity index (χ0n) is 7.44. The molecule has 12 heavy (non-hydrogen) atoms. The number of benzene rings is 1. The van der Waals surface area contributed by atoms with Crippen molar-refractivity contribution in [3.8, 4) is 0 Å². The largest absolute Gasteiger partial charge is 0.376 e. The van der Waals surface area contributed by atoms with Crippen molar-refractivity contribution in [3.63, 3.8) is 0 Å². The molecule has 0 heterocycles. The van der Waals surface area contributed by atoms with E-state index >= 15 is 0 Å². The number of hydrogen-bond donors (Lipinski definition) is 1. The number of aliphatic hydroxyl groups is 1. The van der Waals surface area contributed by atoms with Crippen molar-refractivity contribution in [2.45, 2.75) is 19.1 Å². The van der Waals surface area contributed by atoms with Crippen LogP contribution in [0, 0.1) is 0 Å². The molecule has 1 aromatic rings. The molecule has 1 aromatic carbocycles. The first-order valence-corrected chi connectivity index (χ1v) is 4.07. The molecule has 1 radical (unpaired) electrons. The van der Waals surface area contributed by atoms with E-state index in [9.17, 15) is 5.11 Å². The SMILES string of the molecule is C[N][C@H](O)[C@@H](C)c1ccccc1. The van der Waals surface area contributed by atoms with Crippen LogP contribution in [0.15, 0.2) is 30.3 Å². The quantitative estimate of drug-likeness (QED) is 0.718. The van der Waals surface area contributed by atoms with Crippen molar-refractivity contribution in [2.75, 3.05) is 7.05 Å². The van der Waals surface area contributed by atoms with Crippen molar-refractivity contribution in [2.24, 2.45) is 0 Å². The van der Waals surface area contributed by atoms with E-state index in [2.05, 4.69) is 5.32 Å². The van der Waals surface area contributed by atoms with Crippen molar-refractivity contribution in [1.82, 2.24) is 5.32 Å². The fourth-order valence-electron chi connectivity index (χ4n) is 1.15. The zero-order valence-corrected chi connectivity index (χ0v) is 7.44. The Morgan fingerprint density at radius 2 is 1.83 bits per heavy atom. The Balaban J connectivity index is 2.71. The molecule has 0 spiro atoms. The summed E-state index contributed by atoms with van der Waals surface area (Å²) in [5.74, 6) is 0.0798. The molecule has 2 heteroatoms. The maximum atomic E-state index is 9.41. The van der Waals surface area contributed by atoms with Crippen molar-refractivity contribution in [1.29, 1.82) is 0 Å². The maximum absolute atomic E-state index is 9.41. The molecule has 0 aliphatic heterocycles. The van der Waals surface area contributed by atoms with Gasteiger partial charge in [-0.25, -0.2) is 5.32 Å². The molecular formula is C10H14NO. The lowest BCUT2D eigenvalue weighted by Crippen LogP contribution is -2.24. The smallest absolute Gasteiger partial charge is 0.126 e. The van der Waals surface area contributed by atoms with Gasteiger partial charge in [0.1, 0.15) is 6.23 Å². The van der Waals surface area contributed by atoms with Crippen LogP contribution < -0.4 is 5.32 Å². The van der Waals surface area contributed by atoms with E-state index in [0.29, 0.717) is 0 Å². The highest BCUT2D eigenvalue weighted by atomic mass is 16.3. The normalized spacial score (nSPS) is 15.6. The summed E-state index contributed by atoms with van der Waals surface area (Å²) < 4.78 is 0. The van der Waals surface area contributed by atoms with Crippen molar-refractivity contribution in [3.05, 3.63) is 35.9 Å². The van der Waals surface area contributed by atoms with Crippen LogP contribution in [-0.4, -0.2) is 18.4 Å². The average molecular weight is 164 g/mol. The van der Waals surface area contributed by atoms with Crippen LogP contribution >= 0.6 is 0 Å². The molecule has 0 amide bonds. The Morgan fingerprint density at radius 1 is 1.25 bits per heavy atom. The lowest BCUT2D eigenvalue weighted by molar-refractivity contribution is 0.118. The molecule has 0 unspecified atom stereocenters. The number of nitrogens with zero attached hydrogens (tertiary/aromatic N) is 1. The molecule has 0 aliphatic carbocycles. The molecule has 0 aromatic heterocycles. The minimum atomic E-state index is -0.590. The molecule has 2 atom stereocenters. The fourth-order valence-corrected chi connectivity index (χ4v) is 1.15. The summed E-state index contributed by atoms with van der Waals surface area (Å²) in [6.45, 7) is 1.97. The molecule has 0 bridgehead atoms. The van der Waals surface area contributed by atoms with Crippen LogP contribution in [0.25, 0.3) is 0 Å². The third-order valence-electron chi connectivity index (χ3n) is 2.04. The number of likely N-dealkylation sites (N-methyl/N-ethyl adjacent to an activating group) is 1. The second kappa shape index (κ2) is 4.24. The summed E-state index contributed by atoms with van der Waals surface area (Å²) in [6.07, 6.45) is -0.590. The van der Waals surface area contributed by atoms with Gasteiger partial charge in [0.2, 0.25) is 0 Å². The highest BCUT2D eigenvalue weighted by molar-refractivity contribution is 5.19. The summed E-state index contributed by atoms with van der Waals surface area (Å²) in [5, 5.41) is 13.2. The molecule has 0 aliphatic rings. The van der Waals surface area contributed by atoms with Gasteiger partial charge >= 0.3 is 0 Å². The van der Waals surface area contributed by atoms with E-state index < -0.39 is 6.23 Å². The van der Waals surface area contributed by atoms with Gasteiger partial charge < -0.3 is 5.11 Å². The summed E-state index contributed by atoms with van der Waals surface area (Å²) in [5.41, 5.74) is 1.12. The van der Waals surface area contributed by atoms with Gasteiger partial charge in [0.25, 0.3) is 0 Å². The first-order valence-electron chi connectivity index (χ1n) is 4.07. The summed E-state index contributed by atoms with van der Waals surface area (Å²) in [6, 6.07) is 9.90. The Hall–Kier alpha value is -0.860. The van der Waals surface area contributed by atoms with Gasteiger partial charge in [0.05, 0.1) is 0 Å². The molecule has 0 saturated heterocycles. The second-order valence-corrected chi connectivity index (χ2v) is 2.87. The van der Waals surface area contributed by atoms with Crippen LogP contribution in [0.2, 0.25) is 0 Å². The Bertz CT molecular complexity index is 223. The van der Waals surface area contributed by atoms with E-state index in [4.69, 9.17) is 0 Å². The predicted octanol–water partition coefficient (Wildman–Crippen LogP) is 1.34. The second-order valence-electron chi connectivity index (χ2n) is 2.87. The van der Waals surface area contributed by atoms with Gasteiger partial charge in [-0.05, 0) is 5.56 Å². The van der Waals surface area contributed by atoms with E-state index in [1.807, 2.05) is 37.3 Å². The number of aliphatic hydroxyl groups excluding tert-OH is 1. The van der Waals surface area contributed by atoms with Gasteiger partial charge in [0, 0.05) is 13.0 Å². The van der Waals surface area contributed by atoms with Gasteiger partial charge in [-0.15, -0.1) is 0 Å². The molecule has 1 N–H and O–H groups in total. The van der Waals surface area contributed by atoms with Gasteiger partial charge in [-0.2, -0.15) is 0 Å². The monoisotopic (exact) mass is 164 g/mol. The van der Waals surface area contributed by atoms with E-state index in [-0.39, 0.29) is 5.92 Å². The zero-order chi connectivity index (χ0) is 8.97. The minimum Gasteiger partial charge on any atom is -0.376 e. The molecule has 0 saturated carbocycles. The van der Waals surface area contributed by atoms with Crippen LogP contribution in [0.5, 0.6) is 0 Å². The van der Waals surface area contributed by atoms with E-state index in [0.717, 1.165) is 5.56 Å². The number of hydrogen-bond acceptors (Lipinski definition) is 1. The summed E-state index contributed by atoms with van der Waals surface area (Å²) >= 11 is 0. The molecule has 65 valence electrons. The fraction of sp³-hybridized carbons (Fsp3) is 0.400. The van der Waals surface area contributed by atoms with E-state index in [1.165, 1.54) is 0 Å². The standard InChI is InChI=1S/C10H14NO/c1-8(10(12)11-2)9-6-4-3-5-7-9/h3-8,10,12H,1-2H3/t8-,10+/m0/s1. The third kappa shape index (κ3) is 2.06. The van der Waals surface area contributed by atoms with Crippen LogP contribution in [0.4, 0.5) is 0 Å². The molecule has 1 rings (SSSR count). The maximum Gasteiger partial charge on any atom is 0.126 e. The van der Waals surface area contributed by atoms with Gasteiger partial charge in [-0.1, -0.05) is 37.3 Å². The predicted molar refractivity (Wildman–Crippen MR) is 48.9 cm³/mol. The van der Waals surface area contributed by atoms with E-state index in [1.54, 1.807) is 7.05 Å². The van der Waals surface area contributed by atoms with Gasteiger partial charge in [-0.3, -0.25) is 0 Å².